The molecule has 0 saturated carbocycles. The first kappa shape index (κ1) is 21.2. The molecule has 5 nitrogen and oxygen atoms in total. The molecule has 5 aromatic rings. The first-order valence-corrected chi connectivity index (χ1v) is 11.2. The maximum absolute atomic E-state index is 14.2. The quantitative estimate of drug-likeness (QED) is 0.322. The minimum atomic E-state index is -0.424. The third-order valence-electron chi connectivity index (χ3n) is 5.10. The van der Waals surface area contributed by atoms with E-state index in [-0.39, 0.29) is 23.9 Å². The summed E-state index contributed by atoms with van der Waals surface area (Å²) in [6.07, 6.45) is 0. The van der Waals surface area contributed by atoms with Gasteiger partial charge in [-0.05, 0) is 54.7 Å². The number of halogens is 2. The molecule has 0 atom stereocenters. The van der Waals surface area contributed by atoms with E-state index in [1.54, 1.807) is 22.8 Å². The molecule has 0 bridgehead atoms. The summed E-state index contributed by atoms with van der Waals surface area (Å²) in [6.45, 7) is 0.0992. The van der Waals surface area contributed by atoms with E-state index in [0.29, 0.717) is 25.6 Å². The zero-order chi connectivity index (χ0) is 22.9. The average molecular weight is 479 g/mol. The molecule has 9 heteroatoms. The lowest BCUT2D eigenvalue weighted by Gasteiger charge is -2.15. The zero-order valence-electron chi connectivity index (χ0n) is 17.0. The summed E-state index contributed by atoms with van der Waals surface area (Å²) in [7, 11) is 0. The van der Waals surface area contributed by atoms with Gasteiger partial charge in [-0.15, -0.1) is 0 Å². The summed E-state index contributed by atoms with van der Waals surface area (Å²) in [5, 5.41) is 3.08. The summed E-state index contributed by atoms with van der Waals surface area (Å²) in [5.74, 6) is -0.600. The Morgan fingerprint density at radius 3 is 2.27 bits per heavy atom. The summed E-state index contributed by atoms with van der Waals surface area (Å²) in [6, 6.07) is 21.3. The van der Waals surface area contributed by atoms with Gasteiger partial charge in [-0.2, -0.15) is 4.98 Å². The van der Waals surface area contributed by atoms with Crippen molar-refractivity contribution in [2.75, 3.05) is 5.32 Å². The predicted octanol–water partition coefficient (Wildman–Crippen LogP) is 5.86. The van der Waals surface area contributed by atoms with E-state index in [2.05, 4.69) is 5.32 Å². The van der Waals surface area contributed by atoms with Gasteiger partial charge in [-0.1, -0.05) is 47.7 Å². The lowest BCUT2D eigenvalue weighted by molar-refractivity contribution is 0.612. The van der Waals surface area contributed by atoms with Crippen LogP contribution in [0.1, 0.15) is 5.56 Å². The van der Waals surface area contributed by atoms with Crippen molar-refractivity contribution in [3.8, 4) is 11.4 Å². The van der Waals surface area contributed by atoms with E-state index in [1.165, 1.54) is 34.9 Å². The smallest absolute Gasteiger partial charge is 0.279 e. The maximum Gasteiger partial charge on any atom is 0.279 e. The number of hydrogen-bond donors (Lipinski definition) is 1. The second-order valence-electron chi connectivity index (χ2n) is 7.19. The Labute approximate surface area is 196 Å². The largest absolute Gasteiger partial charge is 0.351 e. The highest BCUT2D eigenvalue weighted by Gasteiger charge is 2.19. The van der Waals surface area contributed by atoms with E-state index in [9.17, 15) is 13.6 Å². The summed E-state index contributed by atoms with van der Waals surface area (Å²) >= 11 is 6.70. The fourth-order valence-electron chi connectivity index (χ4n) is 3.52. The van der Waals surface area contributed by atoms with Gasteiger partial charge in [0, 0.05) is 17.8 Å². The van der Waals surface area contributed by atoms with Crippen molar-refractivity contribution in [1.82, 2.24) is 14.1 Å². The fraction of sp³-hybridized carbons (Fsp3) is 0.0417. The highest BCUT2D eigenvalue weighted by Crippen LogP contribution is 2.26. The molecule has 5 rings (SSSR count). The van der Waals surface area contributed by atoms with Gasteiger partial charge in [-0.3, -0.25) is 9.36 Å². The fourth-order valence-corrected chi connectivity index (χ4v) is 4.83. The number of benzene rings is 3. The number of anilines is 1. The van der Waals surface area contributed by atoms with Crippen LogP contribution in [0, 0.1) is 15.6 Å². The third-order valence-corrected chi connectivity index (χ3v) is 6.45. The first-order chi connectivity index (χ1) is 16.0. The van der Waals surface area contributed by atoms with E-state index >= 15 is 0 Å². The van der Waals surface area contributed by atoms with Crippen LogP contribution in [-0.4, -0.2) is 14.1 Å². The van der Waals surface area contributed by atoms with Crippen LogP contribution < -0.4 is 10.9 Å². The average Bonchev–Trinajstić information content (AvgIpc) is 3.16. The topological polar surface area (TPSA) is 51.9 Å². The predicted molar refractivity (Wildman–Crippen MR) is 129 cm³/mol. The van der Waals surface area contributed by atoms with Crippen LogP contribution in [0.2, 0.25) is 0 Å². The van der Waals surface area contributed by atoms with Gasteiger partial charge in [0.25, 0.3) is 5.56 Å². The molecule has 164 valence electrons. The summed E-state index contributed by atoms with van der Waals surface area (Å²) < 4.78 is 31.7. The van der Waals surface area contributed by atoms with Crippen molar-refractivity contribution in [3.05, 3.63) is 110 Å². The van der Waals surface area contributed by atoms with Crippen LogP contribution >= 0.6 is 23.6 Å². The Morgan fingerprint density at radius 2 is 1.55 bits per heavy atom. The van der Waals surface area contributed by atoms with E-state index in [0.717, 1.165) is 17.0 Å². The second kappa shape index (κ2) is 8.68. The SMILES string of the molecule is O=c1c2sc(=S)n(-c3ccccc3)c2nc(NCc2ccccc2F)n1-c1ccc(F)cc1. The Morgan fingerprint density at radius 1 is 0.879 bits per heavy atom. The van der Waals surface area contributed by atoms with Gasteiger partial charge >= 0.3 is 0 Å². The van der Waals surface area contributed by atoms with Crippen LogP contribution in [0.25, 0.3) is 21.7 Å². The van der Waals surface area contributed by atoms with Gasteiger partial charge in [0.15, 0.2) is 9.60 Å². The van der Waals surface area contributed by atoms with Crippen LogP contribution in [0.5, 0.6) is 0 Å². The number of rotatable bonds is 5. The lowest BCUT2D eigenvalue weighted by Crippen LogP contribution is -2.23. The number of para-hydroxylation sites is 1. The van der Waals surface area contributed by atoms with E-state index in [4.69, 9.17) is 17.2 Å². The monoisotopic (exact) mass is 478 g/mol. The molecule has 33 heavy (non-hydrogen) atoms. The van der Waals surface area contributed by atoms with Crippen molar-refractivity contribution in [3.63, 3.8) is 0 Å². The summed E-state index contributed by atoms with van der Waals surface area (Å²) in [4.78, 5) is 18.3. The van der Waals surface area contributed by atoms with Crippen molar-refractivity contribution in [2.24, 2.45) is 0 Å². The van der Waals surface area contributed by atoms with Gasteiger partial charge in [0.05, 0.1) is 5.69 Å². The van der Waals surface area contributed by atoms with Crippen molar-refractivity contribution in [1.29, 1.82) is 0 Å². The molecule has 3 aromatic carbocycles. The van der Waals surface area contributed by atoms with Crippen molar-refractivity contribution in [2.45, 2.75) is 6.54 Å². The van der Waals surface area contributed by atoms with Crippen molar-refractivity contribution >= 4 is 39.9 Å². The Hall–Kier alpha value is -3.69. The number of hydrogen-bond acceptors (Lipinski definition) is 5. The molecular weight excluding hydrogens is 462 g/mol. The molecule has 0 fully saturated rings. The maximum atomic E-state index is 14.2. The minimum absolute atomic E-state index is 0.0992. The van der Waals surface area contributed by atoms with Gasteiger partial charge < -0.3 is 5.32 Å². The molecule has 0 amide bonds. The second-order valence-corrected chi connectivity index (χ2v) is 8.83. The highest BCUT2D eigenvalue weighted by molar-refractivity contribution is 7.73. The number of thiazole rings is 1. The molecule has 0 aliphatic carbocycles. The molecule has 2 heterocycles. The molecule has 0 aliphatic rings. The number of aromatic nitrogens is 3. The van der Waals surface area contributed by atoms with E-state index < -0.39 is 5.82 Å². The highest BCUT2D eigenvalue weighted by atomic mass is 32.1. The van der Waals surface area contributed by atoms with E-state index in [1.807, 2.05) is 30.3 Å². The number of nitrogens with zero attached hydrogens (tertiary/aromatic N) is 3. The molecule has 0 spiro atoms. The molecule has 0 saturated heterocycles. The van der Waals surface area contributed by atoms with Gasteiger partial charge in [-0.25, -0.2) is 13.3 Å². The van der Waals surface area contributed by atoms with Crippen molar-refractivity contribution < 1.29 is 8.78 Å². The molecule has 0 unspecified atom stereocenters. The molecule has 0 aliphatic heterocycles. The molecule has 0 radical (unpaired) electrons. The molecule has 1 N–H and O–H groups in total. The van der Waals surface area contributed by atoms with Crippen LogP contribution in [0.15, 0.2) is 83.7 Å². The molecule has 2 aromatic heterocycles. The minimum Gasteiger partial charge on any atom is -0.351 e. The number of nitrogens with one attached hydrogen (secondary N) is 1. The summed E-state index contributed by atoms with van der Waals surface area (Å²) in [5.41, 5.74) is 1.67. The first-order valence-electron chi connectivity index (χ1n) is 10.00. The lowest BCUT2D eigenvalue weighted by atomic mass is 10.2. The third kappa shape index (κ3) is 3.96. The van der Waals surface area contributed by atoms with Crippen LogP contribution in [0.3, 0.4) is 0 Å². The van der Waals surface area contributed by atoms with Gasteiger partial charge in [0.2, 0.25) is 5.95 Å². The Bertz CT molecular complexity index is 1570. The number of fused-ring (bicyclic) bond motifs is 1. The normalized spacial score (nSPS) is 11.1. The Balaban J connectivity index is 1.73. The standard InChI is InChI=1S/C24H16F2N4OS2/c25-16-10-12-18(13-11-16)30-22(31)20-21(29(24(32)33-20)17-7-2-1-3-8-17)28-23(30)27-14-15-6-4-5-9-19(15)26/h1-13H,14H2,(H,27,28). The zero-order valence-corrected chi connectivity index (χ0v) is 18.7. The molecular formula is C24H16F2N4OS2. The Kier molecular flexibility index (Phi) is 5.57. The van der Waals surface area contributed by atoms with Gasteiger partial charge in [0.1, 0.15) is 16.3 Å². The van der Waals surface area contributed by atoms with Crippen LogP contribution in [-0.2, 0) is 6.54 Å². The van der Waals surface area contributed by atoms with Crippen LogP contribution in [0.4, 0.5) is 14.7 Å².